The SMILES string of the molecule is C=C(C)CC(NCCC)c1cnns1. The molecule has 1 aromatic heterocycles. The van der Waals surface area contributed by atoms with Crippen LogP contribution in [0.3, 0.4) is 0 Å². The maximum Gasteiger partial charge on any atom is 0.0669 e. The van der Waals surface area contributed by atoms with E-state index in [2.05, 4.69) is 35.3 Å². The van der Waals surface area contributed by atoms with Crippen molar-refractivity contribution in [2.24, 2.45) is 0 Å². The van der Waals surface area contributed by atoms with E-state index in [4.69, 9.17) is 0 Å². The standard InChI is InChI=1S/C10H17N3S/c1-4-5-11-9(6-8(2)3)10-7-12-13-14-10/h7,9,11H,2,4-6H2,1,3H3. The molecule has 3 nitrogen and oxygen atoms in total. The molecule has 0 aliphatic heterocycles. The summed E-state index contributed by atoms with van der Waals surface area (Å²) in [6.07, 6.45) is 3.93. The van der Waals surface area contributed by atoms with Crippen molar-refractivity contribution >= 4 is 11.5 Å². The Morgan fingerprint density at radius 1 is 1.71 bits per heavy atom. The van der Waals surface area contributed by atoms with Gasteiger partial charge in [-0.1, -0.05) is 17.0 Å². The van der Waals surface area contributed by atoms with Crippen molar-refractivity contribution < 1.29 is 0 Å². The molecule has 0 aliphatic rings. The highest BCUT2D eigenvalue weighted by Gasteiger charge is 2.12. The molecule has 1 unspecified atom stereocenters. The average Bonchev–Trinajstić information content (AvgIpc) is 2.64. The van der Waals surface area contributed by atoms with Crippen LogP contribution in [0, 0.1) is 0 Å². The normalized spacial score (nSPS) is 12.7. The molecular weight excluding hydrogens is 194 g/mol. The lowest BCUT2D eigenvalue weighted by atomic mass is 10.1. The third-order valence-corrected chi connectivity index (χ3v) is 2.69. The summed E-state index contributed by atoms with van der Waals surface area (Å²) in [4.78, 5) is 1.20. The Morgan fingerprint density at radius 2 is 2.50 bits per heavy atom. The molecule has 0 saturated carbocycles. The van der Waals surface area contributed by atoms with Gasteiger partial charge in [0.25, 0.3) is 0 Å². The highest BCUT2D eigenvalue weighted by Crippen LogP contribution is 2.21. The van der Waals surface area contributed by atoms with Gasteiger partial charge < -0.3 is 5.32 Å². The predicted octanol–water partition coefficient (Wildman–Crippen LogP) is 2.55. The first kappa shape index (κ1) is 11.3. The van der Waals surface area contributed by atoms with E-state index in [1.807, 2.05) is 6.20 Å². The van der Waals surface area contributed by atoms with Crippen molar-refractivity contribution in [1.29, 1.82) is 0 Å². The van der Waals surface area contributed by atoms with E-state index in [0.717, 1.165) is 19.4 Å². The molecule has 14 heavy (non-hydrogen) atoms. The fraction of sp³-hybridized carbons (Fsp3) is 0.600. The first-order valence-electron chi connectivity index (χ1n) is 4.89. The van der Waals surface area contributed by atoms with E-state index in [1.54, 1.807) is 0 Å². The Hall–Kier alpha value is -0.740. The summed E-state index contributed by atoms with van der Waals surface area (Å²) < 4.78 is 3.88. The Labute approximate surface area is 89.4 Å². The Bertz CT molecular complexity index is 269. The minimum atomic E-state index is 0.340. The zero-order valence-electron chi connectivity index (χ0n) is 8.79. The van der Waals surface area contributed by atoms with Crippen molar-refractivity contribution in [3.05, 3.63) is 23.2 Å². The molecule has 4 heteroatoms. The van der Waals surface area contributed by atoms with Crippen molar-refractivity contribution in [2.75, 3.05) is 6.54 Å². The van der Waals surface area contributed by atoms with Gasteiger partial charge >= 0.3 is 0 Å². The van der Waals surface area contributed by atoms with Gasteiger partial charge in [0.05, 0.1) is 11.1 Å². The summed E-state index contributed by atoms with van der Waals surface area (Å²) in [6.45, 7) is 9.17. The zero-order chi connectivity index (χ0) is 10.4. The summed E-state index contributed by atoms with van der Waals surface area (Å²) in [5.74, 6) is 0. The Kier molecular flexibility index (Phi) is 4.76. The molecule has 0 aromatic carbocycles. The summed E-state index contributed by atoms with van der Waals surface area (Å²) in [5.41, 5.74) is 1.19. The van der Waals surface area contributed by atoms with Crippen LogP contribution < -0.4 is 5.32 Å². The fourth-order valence-corrected chi connectivity index (χ4v) is 1.85. The lowest BCUT2D eigenvalue weighted by Crippen LogP contribution is -2.21. The van der Waals surface area contributed by atoms with E-state index in [0.29, 0.717) is 6.04 Å². The van der Waals surface area contributed by atoms with Gasteiger partial charge in [0.1, 0.15) is 0 Å². The van der Waals surface area contributed by atoms with Crippen molar-refractivity contribution in [3.63, 3.8) is 0 Å². The van der Waals surface area contributed by atoms with Gasteiger partial charge in [0.2, 0.25) is 0 Å². The molecule has 0 fully saturated rings. The summed E-state index contributed by atoms with van der Waals surface area (Å²) in [5, 5.41) is 7.33. The quantitative estimate of drug-likeness (QED) is 0.735. The molecule has 1 N–H and O–H groups in total. The molecule has 1 atom stereocenters. The minimum Gasteiger partial charge on any atom is -0.309 e. The van der Waals surface area contributed by atoms with E-state index < -0.39 is 0 Å². The average molecular weight is 211 g/mol. The van der Waals surface area contributed by atoms with Crippen molar-refractivity contribution in [2.45, 2.75) is 32.7 Å². The summed E-state index contributed by atoms with van der Waals surface area (Å²) >= 11 is 1.46. The highest BCUT2D eigenvalue weighted by molar-refractivity contribution is 7.05. The van der Waals surface area contributed by atoms with Crippen molar-refractivity contribution in [1.82, 2.24) is 14.9 Å². The molecule has 1 heterocycles. The maximum atomic E-state index is 3.94. The molecule has 0 radical (unpaired) electrons. The lowest BCUT2D eigenvalue weighted by molar-refractivity contribution is 0.534. The minimum absolute atomic E-state index is 0.340. The molecule has 1 rings (SSSR count). The second-order valence-electron chi connectivity index (χ2n) is 3.49. The van der Waals surface area contributed by atoms with Gasteiger partial charge in [-0.2, -0.15) is 0 Å². The first-order chi connectivity index (χ1) is 6.74. The zero-order valence-corrected chi connectivity index (χ0v) is 9.60. The summed E-state index contributed by atoms with van der Waals surface area (Å²) in [7, 11) is 0. The number of hydrogen-bond donors (Lipinski definition) is 1. The maximum absolute atomic E-state index is 3.94. The van der Waals surface area contributed by atoms with Crippen LogP contribution in [-0.2, 0) is 0 Å². The fourth-order valence-electron chi connectivity index (χ4n) is 1.27. The molecule has 0 bridgehead atoms. The summed E-state index contributed by atoms with van der Waals surface area (Å²) in [6, 6.07) is 0.340. The van der Waals surface area contributed by atoms with Crippen molar-refractivity contribution in [3.8, 4) is 0 Å². The molecule has 1 aromatic rings. The molecule has 0 spiro atoms. The number of hydrogen-bond acceptors (Lipinski definition) is 4. The number of nitrogens with one attached hydrogen (secondary N) is 1. The van der Waals surface area contributed by atoms with Crippen LogP contribution in [0.25, 0.3) is 0 Å². The van der Waals surface area contributed by atoms with E-state index in [1.165, 1.54) is 22.0 Å². The van der Waals surface area contributed by atoms with Crippen LogP contribution in [-0.4, -0.2) is 16.1 Å². The number of nitrogens with zero attached hydrogens (tertiary/aromatic N) is 2. The first-order valence-corrected chi connectivity index (χ1v) is 5.66. The van der Waals surface area contributed by atoms with Crippen LogP contribution in [0.5, 0.6) is 0 Å². The third kappa shape index (κ3) is 3.55. The smallest absolute Gasteiger partial charge is 0.0669 e. The molecule has 78 valence electrons. The van der Waals surface area contributed by atoms with Crippen LogP contribution >= 0.6 is 11.5 Å². The van der Waals surface area contributed by atoms with Crippen LogP contribution in [0.4, 0.5) is 0 Å². The second kappa shape index (κ2) is 5.88. The van der Waals surface area contributed by atoms with E-state index in [-0.39, 0.29) is 0 Å². The van der Waals surface area contributed by atoms with E-state index >= 15 is 0 Å². The molecule has 0 aliphatic carbocycles. The molecular formula is C10H17N3S. The van der Waals surface area contributed by atoms with Crippen LogP contribution in [0.2, 0.25) is 0 Å². The van der Waals surface area contributed by atoms with Gasteiger partial charge in [-0.3, -0.25) is 0 Å². The number of rotatable bonds is 6. The van der Waals surface area contributed by atoms with Gasteiger partial charge in [-0.15, -0.1) is 11.7 Å². The third-order valence-electron chi connectivity index (χ3n) is 1.92. The largest absolute Gasteiger partial charge is 0.309 e. The van der Waals surface area contributed by atoms with E-state index in [9.17, 15) is 0 Å². The number of aromatic nitrogens is 2. The second-order valence-corrected chi connectivity index (χ2v) is 4.31. The van der Waals surface area contributed by atoms with Crippen LogP contribution in [0.1, 0.15) is 37.6 Å². The highest BCUT2D eigenvalue weighted by atomic mass is 32.1. The molecule has 0 saturated heterocycles. The van der Waals surface area contributed by atoms with Gasteiger partial charge in [0, 0.05) is 6.04 Å². The van der Waals surface area contributed by atoms with Gasteiger partial charge in [-0.25, -0.2) is 0 Å². The Balaban J connectivity index is 2.57. The predicted molar refractivity (Wildman–Crippen MR) is 60.4 cm³/mol. The van der Waals surface area contributed by atoms with Gasteiger partial charge in [-0.05, 0) is 37.8 Å². The van der Waals surface area contributed by atoms with Crippen LogP contribution in [0.15, 0.2) is 18.3 Å². The topological polar surface area (TPSA) is 37.8 Å². The Morgan fingerprint density at radius 3 is 3.00 bits per heavy atom. The lowest BCUT2D eigenvalue weighted by Gasteiger charge is -2.15. The van der Waals surface area contributed by atoms with Gasteiger partial charge in [0.15, 0.2) is 0 Å². The monoisotopic (exact) mass is 211 g/mol. The molecule has 0 amide bonds.